The second-order valence-corrected chi connectivity index (χ2v) is 18.1. The first kappa shape index (κ1) is 38.1. The molecule has 1 aromatic carbocycles. The maximum absolute atomic E-state index is 14.6. The third kappa shape index (κ3) is 7.19. The fourth-order valence-corrected chi connectivity index (χ4v) is 9.57. The number of hydrogen-bond donors (Lipinski definition) is 2. The number of sulfonamides is 1. The van der Waals surface area contributed by atoms with Crippen molar-refractivity contribution in [2.75, 3.05) is 13.2 Å². The number of fused-ring (bicyclic) bond motifs is 5. The van der Waals surface area contributed by atoms with Crippen molar-refractivity contribution in [2.24, 2.45) is 11.8 Å². The van der Waals surface area contributed by atoms with E-state index < -0.39 is 79.6 Å². The van der Waals surface area contributed by atoms with Gasteiger partial charge in [0.15, 0.2) is 5.75 Å². The number of nitrogens with zero attached hydrogens (tertiary/aromatic N) is 2. The predicted octanol–water partition coefficient (Wildman–Crippen LogP) is 5.19. The molecule has 3 fully saturated rings. The van der Waals surface area contributed by atoms with Crippen molar-refractivity contribution in [3.05, 3.63) is 47.7 Å². The average Bonchev–Trinajstić information content (AvgIpc) is 4.03. The summed E-state index contributed by atoms with van der Waals surface area (Å²) in [4.78, 5) is 61.6. The number of carbonyl (C=O) groups is 4. The number of aryl methyl sites for hydroxylation is 1. The van der Waals surface area contributed by atoms with Gasteiger partial charge in [-0.1, -0.05) is 50.1 Å². The van der Waals surface area contributed by atoms with Crippen LogP contribution in [0.3, 0.4) is 0 Å². The van der Waals surface area contributed by atoms with Crippen molar-refractivity contribution in [3.8, 4) is 5.75 Å². The minimum Gasteiger partial charge on any atom is -0.483 e. The number of ether oxygens (including phenoxy) is 2. The fourth-order valence-electron chi connectivity index (χ4n) is 8.26. The number of allylic oxidation sites excluding steroid dienone is 1. The molecule has 2 saturated carbocycles. The van der Waals surface area contributed by atoms with Gasteiger partial charge in [-0.15, -0.1) is 0 Å². The van der Waals surface area contributed by atoms with Crippen LogP contribution in [0.25, 0.3) is 10.9 Å². The molecule has 2 aromatic rings. The first-order valence-electron chi connectivity index (χ1n) is 19.1. The number of rotatable bonds is 8. The fraction of sp³-hybridized carbons (Fsp3) is 0.615. The van der Waals surface area contributed by atoms with Crippen molar-refractivity contribution in [2.45, 2.75) is 126 Å². The van der Waals surface area contributed by atoms with E-state index in [1.165, 1.54) is 4.90 Å². The van der Waals surface area contributed by atoms with Gasteiger partial charge in [-0.25, -0.2) is 22.2 Å². The number of alkyl halides is 2. The van der Waals surface area contributed by atoms with Gasteiger partial charge >= 0.3 is 5.97 Å². The van der Waals surface area contributed by atoms with Crippen molar-refractivity contribution >= 4 is 44.6 Å². The Hall–Kier alpha value is -4.14. The highest BCUT2D eigenvalue weighted by Gasteiger charge is 2.64. The molecule has 0 unspecified atom stereocenters. The van der Waals surface area contributed by atoms with Gasteiger partial charge in [-0.3, -0.25) is 23.9 Å². The average molecular weight is 771 g/mol. The van der Waals surface area contributed by atoms with E-state index in [2.05, 4.69) is 15.0 Å². The zero-order chi connectivity index (χ0) is 38.5. The Morgan fingerprint density at radius 2 is 1.91 bits per heavy atom. The van der Waals surface area contributed by atoms with E-state index in [4.69, 9.17) is 9.47 Å². The number of para-hydroxylation sites is 1. The third-order valence-electron chi connectivity index (χ3n) is 11.9. The van der Waals surface area contributed by atoms with E-state index in [0.717, 1.165) is 12.8 Å². The smallest absolute Gasteiger partial charge is 0.306 e. The lowest BCUT2D eigenvalue weighted by atomic mass is 9.87. The second-order valence-electron chi connectivity index (χ2n) is 15.9. The maximum Gasteiger partial charge on any atom is 0.306 e. The van der Waals surface area contributed by atoms with E-state index in [1.54, 1.807) is 31.2 Å². The SMILES string of the molecule is CCCOC(=O)C[C@H]1CCCCC/C=C\[C@@H]2C[C@@]2(C(=O)NS(=O)(=O)C2(C)CC2)NC(=O)[C@@H]2C[C@]3(CCc4c(c(C(F)F)nc5ccccc45)O3)CN2C1=O. The highest BCUT2D eigenvalue weighted by Crippen LogP contribution is 2.50. The molecule has 7 rings (SSSR count). The standard InChI is InChI=1S/C39H48F2N4O8S/c1-3-19-52-30(46)20-24-11-7-5-4-6-8-12-25-21-39(25,36(49)44-54(50,51)37(2)17-18-37)43-34(47)29-22-38(23-45(29)35(24)48)16-15-27-26-13-9-10-14-28(26)42-31(33(40)41)32(27)53-38/h8-10,12-14,24-25,29,33H,3-7,11,15-23H2,1-2H3,(H,43,47)(H,44,49)/b12-8-/t24-,25-,29+,38-,39-/m1/s1. The van der Waals surface area contributed by atoms with Gasteiger partial charge in [0.1, 0.15) is 22.9 Å². The molecule has 5 aliphatic rings. The summed E-state index contributed by atoms with van der Waals surface area (Å²) in [5, 5.41) is 3.54. The van der Waals surface area contributed by atoms with Crippen LogP contribution in [-0.2, 0) is 40.4 Å². The van der Waals surface area contributed by atoms with E-state index >= 15 is 0 Å². The Labute approximate surface area is 313 Å². The van der Waals surface area contributed by atoms with Gasteiger partial charge in [-0.2, -0.15) is 0 Å². The van der Waals surface area contributed by atoms with Crippen LogP contribution in [0.2, 0.25) is 0 Å². The molecule has 3 aliphatic heterocycles. The molecule has 0 radical (unpaired) electrons. The monoisotopic (exact) mass is 770 g/mol. The normalized spacial score (nSPS) is 29.9. The molecule has 15 heteroatoms. The van der Waals surface area contributed by atoms with Crippen LogP contribution in [0.1, 0.15) is 109 Å². The number of hydrogen-bond acceptors (Lipinski definition) is 9. The lowest BCUT2D eigenvalue weighted by Crippen LogP contribution is -2.57. The summed E-state index contributed by atoms with van der Waals surface area (Å²) in [5.41, 5.74) is -2.38. The summed E-state index contributed by atoms with van der Waals surface area (Å²) in [5.74, 6) is -3.91. The van der Waals surface area contributed by atoms with Crippen LogP contribution >= 0.6 is 0 Å². The van der Waals surface area contributed by atoms with Crippen LogP contribution in [0.4, 0.5) is 8.78 Å². The van der Waals surface area contributed by atoms with Crippen molar-refractivity contribution in [1.29, 1.82) is 0 Å². The molecule has 0 bridgehead atoms. The number of amides is 3. The Kier molecular flexibility index (Phi) is 10.2. The summed E-state index contributed by atoms with van der Waals surface area (Å²) in [7, 11) is -4.03. The second kappa shape index (κ2) is 14.5. The van der Waals surface area contributed by atoms with Gasteiger partial charge in [-0.05, 0) is 70.8 Å². The number of carbonyl (C=O) groups excluding carboxylic acids is 4. The van der Waals surface area contributed by atoms with Crippen molar-refractivity contribution < 1.29 is 45.9 Å². The van der Waals surface area contributed by atoms with E-state index in [-0.39, 0.29) is 38.2 Å². The summed E-state index contributed by atoms with van der Waals surface area (Å²) in [6.07, 6.45) is 5.93. The lowest BCUT2D eigenvalue weighted by Gasteiger charge is -2.37. The number of pyridine rings is 1. The molecule has 4 heterocycles. The molecule has 1 saturated heterocycles. The van der Waals surface area contributed by atoms with E-state index in [0.29, 0.717) is 67.8 Å². The molecule has 3 amide bonds. The maximum atomic E-state index is 14.6. The molecule has 12 nitrogen and oxygen atoms in total. The molecule has 2 N–H and O–H groups in total. The minimum absolute atomic E-state index is 0.0627. The summed E-state index contributed by atoms with van der Waals surface area (Å²) < 4.78 is 68.5. The molecule has 2 aliphatic carbocycles. The first-order chi connectivity index (χ1) is 25.7. The minimum atomic E-state index is -4.03. The highest BCUT2D eigenvalue weighted by atomic mass is 32.2. The van der Waals surface area contributed by atoms with Gasteiger partial charge in [0.2, 0.25) is 21.8 Å². The quantitative estimate of drug-likeness (QED) is 0.272. The zero-order valence-electron chi connectivity index (χ0n) is 30.7. The summed E-state index contributed by atoms with van der Waals surface area (Å²) >= 11 is 0. The Balaban J connectivity index is 1.24. The lowest BCUT2D eigenvalue weighted by molar-refractivity contribution is -0.150. The molecule has 1 spiro atoms. The molecule has 5 atom stereocenters. The molecular formula is C39H48F2N4O8S. The Morgan fingerprint density at radius 3 is 2.65 bits per heavy atom. The van der Waals surface area contributed by atoms with Gasteiger partial charge in [0, 0.05) is 29.2 Å². The number of benzene rings is 1. The molecule has 1 aromatic heterocycles. The van der Waals surface area contributed by atoms with Crippen molar-refractivity contribution in [1.82, 2.24) is 19.9 Å². The molecular weight excluding hydrogens is 723 g/mol. The van der Waals surface area contributed by atoms with Gasteiger partial charge in [0.05, 0.1) is 29.8 Å². The number of aromatic nitrogens is 1. The van der Waals surface area contributed by atoms with E-state index in [1.807, 2.05) is 19.1 Å². The van der Waals surface area contributed by atoms with Crippen LogP contribution in [0, 0.1) is 11.8 Å². The highest BCUT2D eigenvalue weighted by molar-refractivity contribution is 7.91. The van der Waals surface area contributed by atoms with E-state index in [9.17, 15) is 36.4 Å². The topological polar surface area (TPSA) is 161 Å². The number of esters is 1. The first-order valence-corrected chi connectivity index (χ1v) is 20.6. The summed E-state index contributed by atoms with van der Waals surface area (Å²) in [6, 6.07) is 5.76. The predicted molar refractivity (Wildman–Crippen MR) is 194 cm³/mol. The summed E-state index contributed by atoms with van der Waals surface area (Å²) in [6.45, 7) is 3.50. The van der Waals surface area contributed by atoms with Gasteiger partial charge in [0.25, 0.3) is 12.3 Å². The number of nitrogens with one attached hydrogen (secondary N) is 2. The zero-order valence-corrected chi connectivity index (χ0v) is 31.5. The van der Waals surface area contributed by atoms with Crippen LogP contribution < -0.4 is 14.8 Å². The molecule has 54 heavy (non-hydrogen) atoms. The van der Waals surface area contributed by atoms with Crippen molar-refractivity contribution in [3.63, 3.8) is 0 Å². The van der Waals surface area contributed by atoms with Crippen LogP contribution in [0.15, 0.2) is 36.4 Å². The molecule has 292 valence electrons. The Morgan fingerprint density at radius 1 is 1.13 bits per heavy atom. The van der Waals surface area contributed by atoms with Crippen LogP contribution in [-0.4, -0.2) is 77.1 Å². The largest absolute Gasteiger partial charge is 0.483 e. The van der Waals surface area contributed by atoms with Crippen LogP contribution in [0.5, 0.6) is 5.75 Å². The van der Waals surface area contributed by atoms with Gasteiger partial charge < -0.3 is 19.7 Å². The number of halogens is 2. The Bertz CT molecular complexity index is 1990. The third-order valence-corrected chi connectivity index (χ3v) is 14.1.